The summed E-state index contributed by atoms with van der Waals surface area (Å²) >= 11 is 1.76. The number of carbonyl (C=O) groups excluding carboxylic acids is 1. The van der Waals surface area contributed by atoms with E-state index in [0.717, 1.165) is 61.4 Å². The zero-order chi connectivity index (χ0) is 27.0. The molecule has 0 N–H and O–H groups in total. The summed E-state index contributed by atoms with van der Waals surface area (Å²) in [5, 5.41) is 1.10. The lowest BCUT2D eigenvalue weighted by Crippen LogP contribution is -2.32. The van der Waals surface area contributed by atoms with Crippen molar-refractivity contribution in [3.05, 3.63) is 137 Å². The Morgan fingerprint density at radius 3 is 2.33 bits per heavy atom. The van der Waals surface area contributed by atoms with Gasteiger partial charge in [-0.25, -0.2) is 4.79 Å². The third-order valence-corrected chi connectivity index (χ3v) is 9.45. The summed E-state index contributed by atoms with van der Waals surface area (Å²) in [4.78, 5) is 14.9. The van der Waals surface area contributed by atoms with Crippen LogP contribution in [0.3, 0.4) is 0 Å². The molecule has 40 heavy (non-hydrogen) atoms. The molecule has 4 nitrogen and oxygen atoms in total. The van der Waals surface area contributed by atoms with Crippen molar-refractivity contribution in [2.45, 2.75) is 26.0 Å². The predicted molar refractivity (Wildman–Crippen MR) is 162 cm³/mol. The van der Waals surface area contributed by atoms with Crippen LogP contribution in [0, 0.1) is 6.92 Å². The molecule has 0 saturated heterocycles. The van der Waals surface area contributed by atoms with Crippen molar-refractivity contribution in [1.82, 2.24) is 8.97 Å². The quantitative estimate of drug-likeness (QED) is 0.210. The number of benzene rings is 4. The molecule has 1 atom stereocenters. The third kappa shape index (κ3) is 2.93. The lowest BCUT2D eigenvalue weighted by atomic mass is 9.79. The smallest absolute Gasteiger partial charge is 0.340 e. The van der Waals surface area contributed by atoms with E-state index in [1.54, 1.807) is 11.3 Å². The highest BCUT2D eigenvalue weighted by molar-refractivity contribution is 7.24. The maximum absolute atomic E-state index is 13.8. The number of esters is 1. The largest absolute Gasteiger partial charge is 0.439 e. The zero-order valence-corrected chi connectivity index (χ0v) is 23.0. The number of hydrogen-bond donors (Lipinski definition) is 0. The van der Waals surface area contributed by atoms with Crippen molar-refractivity contribution < 1.29 is 9.53 Å². The van der Waals surface area contributed by atoms with Gasteiger partial charge in [0.25, 0.3) is 0 Å². The number of thiazole rings is 1. The Hall–Kier alpha value is -4.61. The molecule has 4 aromatic carbocycles. The van der Waals surface area contributed by atoms with Crippen LogP contribution < -0.4 is 0 Å². The van der Waals surface area contributed by atoms with Crippen molar-refractivity contribution in [3.63, 3.8) is 0 Å². The molecule has 0 amide bonds. The van der Waals surface area contributed by atoms with E-state index < -0.39 is 5.60 Å². The number of carbonyl (C=O) groups is 1. The van der Waals surface area contributed by atoms with Gasteiger partial charge >= 0.3 is 5.97 Å². The van der Waals surface area contributed by atoms with Gasteiger partial charge in [0.1, 0.15) is 4.83 Å². The van der Waals surface area contributed by atoms with Gasteiger partial charge in [0.05, 0.1) is 21.5 Å². The van der Waals surface area contributed by atoms with E-state index >= 15 is 0 Å². The van der Waals surface area contributed by atoms with E-state index in [2.05, 4.69) is 108 Å². The standard InChI is InChI=1S/C35H26N2O2S/c1-3-36-22(2)32(25-16-8-10-18-28(25)36)35(27-17-9-7-15-24(27)34(38)39-35)33-26(23-13-5-4-6-14-23)21-31-37(33)29-19-11-12-20-30(29)40-31/h4-21H,3H2,1-2H3. The molecule has 0 bridgehead atoms. The summed E-state index contributed by atoms with van der Waals surface area (Å²) in [7, 11) is 0. The van der Waals surface area contributed by atoms with E-state index in [0.29, 0.717) is 5.56 Å². The molecule has 1 aliphatic rings. The molecule has 0 radical (unpaired) electrons. The van der Waals surface area contributed by atoms with E-state index in [-0.39, 0.29) is 5.97 Å². The van der Waals surface area contributed by atoms with Crippen LogP contribution in [0.4, 0.5) is 0 Å². The topological polar surface area (TPSA) is 35.6 Å². The fourth-order valence-electron chi connectivity index (χ4n) is 6.81. The Morgan fingerprint density at radius 1 is 0.800 bits per heavy atom. The second-order valence-corrected chi connectivity index (χ2v) is 11.4. The van der Waals surface area contributed by atoms with Gasteiger partial charge in [0.2, 0.25) is 5.60 Å². The average molecular weight is 539 g/mol. The summed E-state index contributed by atoms with van der Waals surface area (Å²) in [5.74, 6) is -0.295. The maximum atomic E-state index is 13.8. The number of ether oxygens (including phenoxy) is 1. The molecular formula is C35H26N2O2S. The first-order valence-corrected chi connectivity index (χ1v) is 14.4. The molecule has 5 heteroatoms. The number of aromatic nitrogens is 2. The molecule has 0 spiro atoms. The summed E-state index contributed by atoms with van der Waals surface area (Å²) in [6.45, 7) is 5.14. The molecule has 0 fully saturated rings. The van der Waals surface area contributed by atoms with Gasteiger partial charge in [-0.05, 0) is 49.7 Å². The van der Waals surface area contributed by atoms with Crippen LogP contribution in [0.5, 0.6) is 0 Å². The SMILES string of the molecule is CCn1c(C)c(C2(c3c(-c4ccccc4)cc4sc5ccccc5n34)OC(=O)c3ccccc32)c2ccccc21. The first-order chi connectivity index (χ1) is 19.6. The van der Waals surface area contributed by atoms with Crippen LogP contribution in [-0.4, -0.2) is 14.9 Å². The molecule has 3 aromatic heterocycles. The molecule has 8 rings (SSSR count). The molecule has 7 aromatic rings. The number of para-hydroxylation sites is 2. The summed E-state index contributed by atoms with van der Waals surface area (Å²) in [5.41, 5.74) is 7.84. The van der Waals surface area contributed by atoms with Crippen LogP contribution in [0.1, 0.15) is 39.8 Å². The Morgan fingerprint density at radius 2 is 1.50 bits per heavy atom. The number of cyclic esters (lactones) is 1. The van der Waals surface area contributed by atoms with Crippen molar-refractivity contribution >= 4 is 43.3 Å². The predicted octanol–water partition coefficient (Wildman–Crippen LogP) is 8.57. The van der Waals surface area contributed by atoms with Gasteiger partial charge < -0.3 is 9.30 Å². The second-order valence-electron chi connectivity index (χ2n) is 10.4. The van der Waals surface area contributed by atoms with Crippen molar-refractivity contribution in [3.8, 4) is 11.1 Å². The first-order valence-electron chi connectivity index (χ1n) is 13.6. The fourth-order valence-corrected chi connectivity index (χ4v) is 7.90. The van der Waals surface area contributed by atoms with Crippen LogP contribution in [0.25, 0.3) is 37.1 Å². The first kappa shape index (κ1) is 23.3. The Balaban J connectivity index is 1.63. The minimum atomic E-state index is -1.15. The van der Waals surface area contributed by atoms with Crippen molar-refractivity contribution in [2.75, 3.05) is 0 Å². The second kappa shape index (κ2) is 8.44. The molecular weight excluding hydrogens is 512 g/mol. The lowest BCUT2D eigenvalue weighted by molar-refractivity contribution is 0.0242. The third-order valence-electron chi connectivity index (χ3n) is 8.38. The van der Waals surface area contributed by atoms with Crippen LogP contribution in [-0.2, 0) is 16.9 Å². The minimum Gasteiger partial charge on any atom is -0.439 e. The molecule has 194 valence electrons. The van der Waals surface area contributed by atoms with E-state index in [1.807, 2.05) is 24.3 Å². The monoisotopic (exact) mass is 538 g/mol. The Bertz CT molecular complexity index is 2110. The summed E-state index contributed by atoms with van der Waals surface area (Å²) in [6, 6.07) is 37.6. The van der Waals surface area contributed by atoms with Gasteiger partial charge in [-0.1, -0.05) is 78.9 Å². The summed E-state index contributed by atoms with van der Waals surface area (Å²) < 4.78 is 12.7. The van der Waals surface area contributed by atoms with Gasteiger partial charge in [-0.15, -0.1) is 11.3 Å². The van der Waals surface area contributed by atoms with Crippen molar-refractivity contribution in [1.29, 1.82) is 0 Å². The molecule has 1 aliphatic heterocycles. The number of fused-ring (bicyclic) bond motifs is 5. The highest BCUT2D eigenvalue weighted by atomic mass is 32.1. The van der Waals surface area contributed by atoms with Gasteiger partial charge in [-0.3, -0.25) is 4.40 Å². The van der Waals surface area contributed by atoms with Gasteiger partial charge in [-0.2, -0.15) is 0 Å². The van der Waals surface area contributed by atoms with Crippen LogP contribution in [0.2, 0.25) is 0 Å². The highest BCUT2D eigenvalue weighted by Gasteiger charge is 2.54. The highest BCUT2D eigenvalue weighted by Crippen LogP contribution is 2.54. The molecule has 0 aliphatic carbocycles. The lowest BCUT2D eigenvalue weighted by Gasteiger charge is -2.32. The van der Waals surface area contributed by atoms with Crippen molar-refractivity contribution in [2.24, 2.45) is 0 Å². The zero-order valence-electron chi connectivity index (χ0n) is 22.2. The summed E-state index contributed by atoms with van der Waals surface area (Å²) in [6.07, 6.45) is 0. The van der Waals surface area contributed by atoms with E-state index in [1.165, 1.54) is 4.70 Å². The molecule has 0 saturated carbocycles. The maximum Gasteiger partial charge on any atom is 0.340 e. The fraction of sp³-hybridized carbons (Fsp3) is 0.114. The van der Waals surface area contributed by atoms with Gasteiger partial charge in [0, 0.05) is 39.8 Å². The normalized spacial score (nSPS) is 16.7. The minimum absolute atomic E-state index is 0.295. The molecule has 4 heterocycles. The Kier molecular flexibility index (Phi) is 4.92. The van der Waals surface area contributed by atoms with E-state index in [4.69, 9.17) is 4.74 Å². The average Bonchev–Trinajstić information content (AvgIpc) is 3.70. The van der Waals surface area contributed by atoms with Crippen LogP contribution >= 0.6 is 11.3 Å². The number of nitrogens with zero attached hydrogens (tertiary/aromatic N) is 2. The Labute approximate surface area is 235 Å². The number of hydrogen-bond acceptors (Lipinski definition) is 3. The number of rotatable bonds is 4. The number of aryl methyl sites for hydroxylation is 1. The molecule has 1 unspecified atom stereocenters. The van der Waals surface area contributed by atoms with Gasteiger partial charge in [0.15, 0.2) is 0 Å². The van der Waals surface area contributed by atoms with E-state index in [9.17, 15) is 4.79 Å². The van der Waals surface area contributed by atoms with Crippen LogP contribution in [0.15, 0.2) is 109 Å².